The predicted molar refractivity (Wildman–Crippen MR) is 82.8 cm³/mol. The number of hydrogen-bond acceptors (Lipinski definition) is 3. The number of carbonyl (C=O) groups excluding carboxylic acids is 1. The highest BCUT2D eigenvalue weighted by Gasteiger charge is 2.19. The Labute approximate surface area is 136 Å². The number of furan rings is 1. The fourth-order valence-corrected chi connectivity index (χ4v) is 2.48. The van der Waals surface area contributed by atoms with Gasteiger partial charge >= 0.3 is 0 Å². The quantitative estimate of drug-likeness (QED) is 0.779. The Morgan fingerprint density at radius 2 is 2.26 bits per heavy atom. The first-order chi connectivity index (χ1) is 11.1. The zero-order chi connectivity index (χ0) is 16.2. The van der Waals surface area contributed by atoms with Crippen LogP contribution in [0, 0.1) is 5.82 Å². The molecule has 1 aromatic carbocycles. The minimum absolute atomic E-state index is 0.0659. The van der Waals surface area contributed by atoms with Crippen LogP contribution in [0.25, 0.3) is 0 Å². The second-order valence-electron chi connectivity index (χ2n) is 4.85. The molecule has 23 heavy (non-hydrogen) atoms. The van der Waals surface area contributed by atoms with E-state index in [0.717, 1.165) is 6.07 Å². The van der Waals surface area contributed by atoms with Crippen molar-refractivity contribution in [3.8, 4) is 0 Å². The van der Waals surface area contributed by atoms with E-state index in [1.165, 1.54) is 12.1 Å². The Balaban J connectivity index is 1.75. The van der Waals surface area contributed by atoms with Gasteiger partial charge in [-0.15, -0.1) is 0 Å². The monoisotopic (exact) mass is 333 g/mol. The van der Waals surface area contributed by atoms with E-state index in [2.05, 4.69) is 10.4 Å². The summed E-state index contributed by atoms with van der Waals surface area (Å²) < 4.78 is 20.2. The standard InChI is InChI=1S/C16H13ClFN3O2/c17-13-9-11(18)4-5-12(13)16(22)19-10-14(15-3-1-8-23-15)21-7-2-6-20-21/h1-9,14H,10H2,(H,19,22)/t14-/m0/s1. The molecule has 0 unspecified atom stereocenters. The van der Waals surface area contributed by atoms with Crippen LogP contribution in [0.3, 0.4) is 0 Å². The lowest BCUT2D eigenvalue weighted by atomic mass is 10.2. The molecule has 0 aliphatic carbocycles. The lowest BCUT2D eigenvalue weighted by Gasteiger charge is -2.16. The van der Waals surface area contributed by atoms with Crippen molar-refractivity contribution in [2.24, 2.45) is 0 Å². The SMILES string of the molecule is O=C(NC[C@@H](c1ccco1)n1cccn1)c1ccc(F)cc1Cl. The predicted octanol–water partition coefficient (Wildman–Crippen LogP) is 3.29. The summed E-state index contributed by atoms with van der Waals surface area (Å²) in [6.45, 7) is 0.252. The summed E-state index contributed by atoms with van der Waals surface area (Å²) in [7, 11) is 0. The molecule has 0 radical (unpaired) electrons. The van der Waals surface area contributed by atoms with Gasteiger partial charge < -0.3 is 9.73 Å². The Bertz CT molecular complexity index is 754. The molecule has 118 valence electrons. The van der Waals surface area contributed by atoms with Gasteiger partial charge in [0.2, 0.25) is 0 Å². The summed E-state index contributed by atoms with van der Waals surface area (Å²) >= 11 is 5.90. The van der Waals surface area contributed by atoms with E-state index >= 15 is 0 Å². The van der Waals surface area contributed by atoms with Crippen molar-refractivity contribution in [3.05, 3.63) is 77.2 Å². The van der Waals surface area contributed by atoms with Gasteiger partial charge in [0.1, 0.15) is 17.6 Å². The van der Waals surface area contributed by atoms with Gasteiger partial charge in [-0.25, -0.2) is 4.39 Å². The zero-order valence-corrected chi connectivity index (χ0v) is 12.7. The van der Waals surface area contributed by atoms with E-state index in [0.29, 0.717) is 5.76 Å². The number of halogens is 2. The Morgan fingerprint density at radius 3 is 2.91 bits per heavy atom. The normalized spacial score (nSPS) is 12.1. The van der Waals surface area contributed by atoms with E-state index in [4.69, 9.17) is 16.0 Å². The molecule has 1 atom stereocenters. The van der Waals surface area contributed by atoms with Crippen LogP contribution >= 0.6 is 11.6 Å². The van der Waals surface area contributed by atoms with Gasteiger partial charge in [0.25, 0.3) is 5.91 Å². The minimum atomic E-state index is -0.489. The molecule has 0 saturated heterocycles. The maximum Gasteiger partial charge on any atom is 0.252 e. The van der Waals surface area contributed by atoms with Crippen LogP contribution in [0.4, 0.5) is 4.39 Å². The second kappa shape index (κ2) is 6.66. The highest BCUT2D eigenvalue weighted by atomic mass is 35.5. The summed E-state index contributed by atoms with van der Waals surface area (Å²) in [6.07, 6.45) is 4.99. The molecular weight excluding hydrogens is 321 g/mol. The van der Waals surface area contributed by atoms with Crippen LogP contribution in [-0.2, 0) is 0 Å². The van der Waals surface area contributed by atoms with Crippen LogP contribution < -0.4 is 5.32 Å². The van der Waals surface area contributed by atoms with Gasteiger partial charge in [0, 0.05) is 18.9 Å². The number of nitrogens with zero attached hydrogens (tertiary/aromatic N) is 2. The first-order valence-electron chi connectivity index (χ1n) is 6.91. The molecule has 1 N–H and O–H groups in total. The second-order valence-corrected chi connectivity index (χ2v) is 5.26. The summed E-state index contributed by atoms with van der Waals surface area (Å²) in [6, 6.07) is 8.72. The molecule has 3 rings (SSSR count). The number of hydrogen-bond donors (Lipinski definition) is 1. The molecule has 0 spiro atoms. The molecule has 2 aromatic heterocycles. The van der Waals surface area contributed by atoms with Gasteiger partial charge in [0.15, 0.2) is 0 Å². The molecule has 0 aliphatic rings. The number of benzene rings is 1. The molecule has 0 bridgehead atoms. The van der Waals surface area contributed by atoms with Crippen molar-refractivity contribution in [2.45, 2.75) is 6.04 Å². The first-order valence-corrected chi connectivity index (χ1v) is 7.28. The van der Waals surface area contributed by atoms with Crippen molar-refractivity contribution in [2.75, 3.05) is 6.54 Å². The number of rotatable bonds is 5. The van der Waals surface area contributed by atoms with Crippen LogP contribution in [0.2, 0.25) is 5.02 Å². The molecule has 0 fully saturated rings. The molecule has 1 amide bonds. The number of carbonyl (C=O) groups is 1. The van der Waals surface area contributed by atoms with Crippen molar-refractivity contribution in [1.82, 2.24) is 15.1 Å². The summed E-state index contributed by atoms with van der Waals surface area (Å²) in [5, 5.41) is 7.02. The van der Waals surface area contributed by atoms with Crippen LogP contribution in [0.15, 0.2) is 59.5 Å². The first kappa shape index (κ1) is 15.3. The topological polar surface area (TPSA) is 60.1 Å². The third-order valence-corrected chi connectivity index (χ3v) is 3.66. The van der Waals surface area contributed by atoms with Crippen LogP contribution in [0.5, 0.6) is 0 Å². The number of nitrogens with one attached hydrogen (secondary N) is 1. The van der Waals surface area contributed by atoms with Gasteiger partial charge in [-0.05, 0) is 36.4 Å². The smallest absolute Gasteiger partial charge is 0.252 e. The largest absolute Gasteiger partial charge is 0.467 e. The zero-order valence-electron chi connectivity index (χ0n) is 11.9. The van der Waals surface area contributed by atoms with Crippen LogP contribution in [0.1, 0.15) is 22.2 Å². The minimum Gasteiger partial charge on any atom is -0.467 e. The van der Waals surface area contributed by atoms with Crippen molar-refractivity contribution < 1.29 is 13.6 Å². The number of amides is 1. The van der Waals surface area contributed by atoms with E-state index < -0.39 is 11.7 Å². The molecule has 5 nitrogen and oxygen atoms in total. The van der Waals surface area contributed by atoms with Crippen molar-refractivity contribution in [1.29, 1.82) is 0 Å². The average molecular weight is 334 g/mol. The molecule has 7 heteroatoms. The van der Waals surface area contributed by atoms with E-state index in [1.807, 2.05) is 6.07 Å². The van der Waals surface area contributed by atoms with Crippen molar-refractivity contribution in [3.63, 3.8) is 0 Å². The van der Waals surface area contributed by atoms with E-state index in [9.17, 15) is 9.18 Å². The highest BCUT2D eigenvalue weighted by molar-refractivity contribution is 6.33. The summed E-state index contributed by atoms with van der Waals surface area (Å²) in [5.41, 5.74) is 0.215. The van der Waals surface area contributed by atoms with Gasteiger partial charge in [-0.3, -0.25) is 9.48 Å². The fourth-order valence-electron chi connectivity index (χ4n) is 2.23. The highest BCUT2D eigenvalue weighted by Crippen LogP contribution is 2.19. The van der Waals surface area contributed by atoms with Gasteiger partial charge in [0.05, 0.1) is 16.8 Å². The number of aromatic nitrogens is 2. The third kappa shape index (κ3) is 3.43. The Morgan fingerprint density at radius 1 is 1.39 bits per heavy atom. The maximum absolute atomic E-state index is 13.1. The third-order valence-electron chi connectivity index (χ3n) is 3.35. The Kier molecular flexibility index (Phi) is 4.43. The Hall–Kier alpha value is -2.60. The van der Waals surface area contributed by atoms with Crippen LogP contribution in [-0.4, -0.2) is 22.2 Å². The maximum atomic E-state index is 13.1. The molecule has 0 saturated carbocycles. The fraction of sp³-hybridized carbons (Fsp3) is 0.125. The average Bonchev–Trinajstić information content (AvgIpc) is 3.21. The van der Waals surface area contributed by atoms with E-state index in [-0.39, 0.29) is 23.2 Å². The lowest BCUT2D eigenvalue weighted by Crippen LogP contribution is -2.31. The summed E-state index contributed by atoms with van der Waals surface area (Å²) in [5.74, 6) is -0.213. The van der Waals surface area contributed by atoms with Gasteiger partial charge in [-0.2, -0.15) is 5.10 Å². The van der Waals surface area contributed by atoms with Gasteiger partial charge in [-0.1, -0.05) is 11.6 Å². The van der Waals surface area contributed by atoms with E-state index in [1.54, 1.807) is 35.5 Å². The molecular formula is C16H13ClFN3O2. The molecule has 0 aliphatic heterocycles. The molecule has 3 aromatic rings. The summed E-state index contributed by atoms with van der Waals surface area (Å²) in [4.78, 5) is 12.2. The molecule has 2 heterocycles. The lowest BCUT2D eigenvalue weighted by molar-refractivity contribution is 0.0948. The van der Waals surface area contributed by atoms with Crippen molar-refractivity contribution >= 4 is 17.5 Å².